The van der Waals surface area contributed by atoms with Crippen molar-refractivity contribution in [3.05, 3.63) is 0 Å². The molecule has 3 N–H and O–H groups in total. The van der Waals surface area contributed by atoms with Crippen LogP contribution in [0.5, 0.6) is 0 Å². The summed E-state index contributed by atoms with van der Waals surface area (Å²) in [6.07, 6.45) is 4.37. The molecule has 1 rings (SSSR count). The summed E-state index contributed by atoms with van der Waals surface area (Å²) in [6.45, 7) is 4.33. The van der Waals surface area contributed by atoms with E-state index in [1.165, 1.54) is 12.8 Å². The zero-order chi connectivity index (χ0) is 15.5. The highest BCUT2D eigenvalue weighted by molar-refractivity contribution is 5.82. The zero-order valence-electron chi connectivity index (χ0n) is 12.8. The van der Waals surface area contributed by atoms with E-state index in [1.807, 2.05) is 0 Å². The van der Waals surface area contributed by atoms with Gasteiger partial charge in [0.05, 0.1) is 0 Å². The van der Waals surface area contributed by atoms with Crippen molar-refractivity contribution in [3.8, 4) is 0 Å². The lowest BCUT2D eigenvalue weighted by atomic mass is 10.1. The number of amides is 2. The van der Waals surface area contributed by atoms with Gasteiger partial charge in [-0.05, 0) is 51.7 Å². The van der Waals surface area contributed by atoms with E-state index in [2.05, 4.69) is 15.5 Å². The van der Waals surface area contributed by atoms with Gasteiger partial charge in [0.25, 0.3) is 0 Å². The predicted octanol–water partition coefficient (Wildman–Crippen LogP) is 0.651. The van der Waals surface area contributed by atoms with Crippen LogP contribution in [0.3, 0.4) is 0 Å². The van der Waals surface area contributed by atoms with Gasteiger partial charge >= 0.3 is 12.0 Å². The molecule has 1 atom stereocenters. The van der Waals surface area contributed by atoms with Gasteiger partial charge in [0, 0.05) is 20.3 Å². The highest BCUT2D eigenvalue weighted by atomic mass is 16.5. The number of carbonyl (C=O) groups excluding carboxylic acids is 1. The van der Waals surface area contributed by atoms with Crippen LogP contribution >= 0.6 is 0 Å². The van der Waals surface area contributed by atoms with Crippen LogP contribution in [0.1, 0.15) is 32.1 Å². The van der Waals surface area contributed by atoms with Gasteiger partial charge in [0.2, 0.25) is 0 Å². The molecule has 1 aliphatic heterocycles. The summed E-state index contributed by atoms with van der Waals surface area (Å²) in [5.74, 6) is -1.02. The minimum absolute atomic E-state index is 0.365. The Morgan fingerprint density at radius 1 is 1.29 bits per heavy atom. The first-order chi connectivity index (χ1) is 10.1. The van der Waals surface area contributed by atoms with Crippen molar-refractivity contribution in [1.29, 1.82) is 0 Å². The number of hydrogen-bond acceptors (Lipinski definition) is 4. The Labute approximate surface area is 126 Å². The van der Waals surface area contributed by atoms with Crippen molar-refractivity contribution in [2.24, 2.45) is 0 Å². The van der Waals surface area contributed by atoms with Gasteiger partial charge in [0.1, 0.15) is 6.04 Å². The third-order valence-electron chi connectivity index (χ3n) is 3.58. The third kappa shape index (κ3) is 7.87. The minimum atomic E-state index is -1.02. The summed E-state index contributed by atoms with van der Waals surface area (Å²) in [4.78, 5) is 25.1. The smallest absolute Gasteiger partial charge is 0.326 e. The number of aliphatic carboxylic acids is 1. The number of carboxylic acids is 1. The molecular formula is C14H27N3O4. The van der Waals surface area contributed by atoms with Crippen molar-refractivity contribution >= 4 is 12.0 Å². The molecule has 0 aliphatic carbocycles. The quantitative estimate of drug-likeness (QED) is 0.515. The van der Waals surface area contributed by atoms with E-state index in [-0.39, 0.29) is 0 Å². The van der Waals surface area contributed by atoms with Crippen LogP contribution in [0.2, 0.25) is 0 Å². The molecule has 1 saturated heterocycles. The Balaban J connectivity index is 2.12. The highest BCUT2D eigenvalue weighted by Gasteiger charge is 2.19. The van der Waals surface area contributed by atoms with Gasteiger partial charge in [-0.1, -0.05) is 0 Å². The Morgan fingerprint density at radius 2 is 2.00 bits per heavy atom. The van der Waals surface area contributed by atoms with Crippen LogP contribution in [-0.4, -0.2) is 67.9 Å². The van der Waals surface area contributed by atoms with Crippen LogP contribution in [-0.2, 0) is 9.53 Å². The van der Waals surface area contributed by atoms with Crippen LogP contribution in [0.25, 0.3) is 0 Å². The minimum Gasteiger partial charge on any atom is -0.480 e. The number of likely N-dealkylation sites (tertiary alicyclic amines) is 1. The molecule has 1 fully saturated rings. The maximum atomic E-state index is 11.7. The molecule has 1 aliphatic rings. The molecule has 122 valence electrons. The van der Waals surface area contributed by atoms with E-state index in [4.69, 9.17) is 9.84 Å². The van der Waals surface area contributed by atoms with Gasteiger partial charge in [-0.25, -0.2) is 9.59 Å². The molecular weight excluding hydrogens is 274 g/mol. The van der Waals surface area contributed by atoms with Gasteiger partial charge in [0.15, 0.2) is 0 Å². The lowest BCUT2D eigenvalue weighted by molar-refractivity contribution is -0.139. The van der Waals surface area contributed by atoms with Crippen molar-refractivity contribution in [1.82, 2.24) is 15.5 Å². The molecule has 0 bridgehead atoms. The van der Waals surface area contributed by atoms with E-state index in [0.717, 1.165) is 26.1 Å². The van der Waals surface area contributed by atoms with Crippen LogP contribution in [0.15, 0.2) is 0 Å². The van der Waals surface area contributed by atoms with E-state index in [0.29, 0.717) is 26.0 Å². The fourth-order valence-corrected chi connectivity index (χ4v) is 2.41. The van der Waals surface area contributed by atoms with Gasteiger partial charge in [-0.2, -0.15) is 0 Å². The van der Waals surface area contributed by atoms with Crippen molar-refractivity contribution in [2.75, 3.05) is 39.9 Å². The first-order valence-corrected chi connectivity index (χ1v) is 7.62. The molecule has 1 unspecified atom stereocenters. The molecule has 21 heavy (non-hydrogen) atoms. The number of nitrogens with one attached hydrogen (secondary N) is 2. The first kappa shape index (κ1) is 17.7. The fraction of sp³-hybridized carbons (Fsp3) is 0.857. The fourth-order valence-electron chi connectivity index (χ4n) is 2.41. The molecule has 0 aromatic heterocycles. The molecule has 7 nitrogen and oxygen atoms in total. The predicted molar refractivity (Wildman–Crippen MR) is 79.4 cm³/mol. The molecule has 0 radical (unpaired) electrons. The number of carboxylic acid groups (broad SMARTS) is 1. The van der Waals surface area contributed by atoms with Crippen LogP contribution < -0.4 is 10.6 Å². The molecule has 0 spiro atoms. The van der Waals surface area contributed by atoms with Crippen molar-refractivity contribution in [3.63, 3.8) is 0 Å². The van der Waals surface area contributed by atoms with Crippen LogP contribution in [0, 0.1) is 0 Å². The third-order valence-corrected chi connectivity index (χ3v) is 3.58. The number of hydrogen-bond donors (Lipinski definition) is 3. The van der Waals surface area contributed by atoms with E-state index in [9.17, 15) is 9.59 Å². The second kappa shape index (κ2) is 10.4. The SMILES string of the molecule is COCCCC(NC(=O)NCCCN1CCCC1)C(=O)O. The van der Waals surface area contributed by atoms with E-state index in [1.54, 1.807) is 7.11 Å². The van der Waals surface area contributed by atoms with Crippen LogP contribution in [0.4, 0.5) is 4.79 Å². The number of nitrogens with zero attached hydrogens (tertiary/aromatic N) is 1. The summed E-state index contributed by atoms with van der Waals surface area (Å²) >= 11 is 0. The number of ether oxygens (including phenoxy) is 1. The summed E-state index contributed by atoms with van der Waals surface area (Å²) in [6, 6.07) is -1.28. The van der Waals surface area contributed by atoms with E-state index < -0.39 is 18.0 Å². The molecule has 2 amide bonds. The summed E-state index contributed by atoms with van der Waals surface area (Å²) < 4.78 is 4.88. The number of rotatable bonds is 10. The normalized spacial score (nSPS) is 16.6. The maximum absolute atomic E-state index is 11.7. The Hall–Kier alpha value is -1.34. The van der Waals surface area contributed by atoms with E-state index >= 15 is 0 Å². The maximum Gasteiger partial charge on any atom is 0.326 e. The summed E-state index contributed by atoms with van der Waals surface area (Å²) in [5, 5.41) is 14.2. The van der Waals surface area contributed by atoms with Gasteiger partial charge in [-0.15, -0.1) is 0 Å². The van der Waals surface area contributed by atoms with Crippen molar-refractivity contribution < 1.29 is 19.4 Å². The average molecular weight is 301 g/mol. The lowest BCUT2D eigenvalue weighted by Gasteiger charge is -2.16. The number of carbonyl (C=O) groups is 2. The largest absolute Gasteiger partial charge is 0.480 e. The van der Waals surface area contributed by atoms with Crippen molar-refractivity contribution in [2.45, 2.75) is 38.1 Å². The Morgan fingerprint density at radius 3 is 2.62 bits per heavy atom. The molecule has 7 heteroatoms. The standard InChI is InChI=1S/C14H27N3O4/c1-21-11-4-6-12(13(18)19)16-14(20)15-7-5-10-17-8-2-3-9-17/h12H,2-11H2,1H3,(H,18,19)(H2,15,16,20). The zero-order valence-corrected chi connectivity index (χ0v) is 12.8. The molecule has 1 heterocycles. The first-order valence-electron chi connectivity index (χ1n) is 7.62. The Kier molecular flexibility index (Phi) is 8.77. The second-order valence-electron chi connectivity index (χ2n) is 5.33. The van der Waals surface area contributed by atoms with Gasteiger partial charge in [-0.3, -0.25) is 0 Å². The molecule has 0 aromatic rings. The average Bonchev–Trinajstić information content (AvgIpc) is 2.96. The van der Waals surface area contributed by atoms with Gasteiger partial charge < -0.3 is 25.4 Å². The topological polar surface area (TPSA) is 90.9 Å². The summed E-state index contributed by atoms with van der Waals surface area (Å²) in [7, 11) is 1.57. The number of urea groups is 1. The monoisotopic (exact) mass is 301 g/mol. The lowest BCUT2D eigenvalue weighted by Crippen LogP contribution is -2.46. The highest BCUT2D eigenvalue weighted by Crippen LogP contribution is 2.06. The summed E-state index contributed by atoms with van der Waals surface area (Å²) in [5.41, 5.74) is 0. The Bertz CT molecular complexity index is 319. The number of methoxy groups -OCH3 is 1. The second-order valence-corrected chi connectivity index (χ2v) is 5.33. The molecule has 0 aromatic carbocycles. The molecule has 0 saturated carbocycles.